The van der Waals surface area contributed by atoms with Crippen LogP contribution in [-0.2, 0) is 11.2 Å². The molecule has 6 heteroatoms. The molecule has 1 unspecified atom stereocenters. The quantitative estimate of drug-likeness (QED) is 0.425. The van der Waals surface area contributed by atoms with E-state index in [1.807, 2.05) is 44.2 Å². The molecule has 0 radical (unpaired) electrons. The van der Waals surface area contributed by atoms with Gasteiger partial charge in [-0.25, -0.2) is 9.69 Å². The predicted octanol–water partition coefficient (Wildman–Crippen LogP) is 5.36. The summed E-state index contributed by atoms with van der Waals surface area (Å²) in [6, 6.07) is 22.2. The molecule has 6 nitrogen and oxygen atoms in total. The van der Waals surface area contributed by atoms with Crippen molar-refractivity contribution in [3.8, 4) is 5.75 Å². The van der Waals surface area contributed by atoms with Crippen LogP contribution in [0.25, 0.3) is 10.9 Å². The fourth-order valence-corrected chi connectivity index (χ4v) is 5.27. The average molecular weight is 452 g/mol. The molecule has 1 saturated heterocycles. The summed E-state index contributed by atoms with van der Waals surface area (Å²) in [7, 11) is 0. The van der Waals surface area contributed by atoms with Crippen molar-refractivity contribution in [3.05, 3.63) is 95.2 Å². The maximum absolute atomic E-state index is 13.8. The molecule has 0 bridgehead atoms. The van der Waals surface area contributed by atoms with Crippen LogP contribution >= 0.6 is 0 Å². The first-order chi connectivity index (χ1) is 16.6. The van der Waals surface area contributed by atoms with Crippen LogP contribution in [-0.4, -0.2) is 34.5 Å². The lowest BCUT2D eigenvalue weighted by Crippen LogP contribution is -2.44. The minimum atomic E-state index is -0.558. The van der Waals surface area contributed by atoms with E-state index in [4.69, 9.17) is 4.74 Å². The predicted molar refractivity (Wildman–Crippen MR) is 131 cm³/mol. The van der Waals surface area contributed by atoms with E-state index in [1.54, 1.807) is 29.2 Å². The maximum Gasteiger partial charge on any atom is 0.332 e. The van der Waals surface area contributed by atoms with Gasteiger partial charge in [0.1, 0.15) is 17.8 Å². The molecule has 4 aromatic rings. The second-order valence-electron chi connectivity index (χ2n) is 8.89. The van der Waals surface area contributed by atoms with Gasteiger partial charge in [0, 0.05) is 23.0 Å². The number of aromatic amines is 1. The molecule has 1 aromatic heterocycles. The van der Waals surface area contributed by atoms with Crippen molar-refractivity contribution in [2.45, 2.75) is 32.4 Å². The van der Waals surface area contributed by atoms with Gasteiger partial charge in [-0.3, -0.25) is 9.69 Å². The molecule has 1 fully saturated rings. The third-order valence-corrected chi connectivity index (χ3v) is 6.85. The first-order valence-corrected chi connectivity index (χ1v) is 11.6. The molecular weight excluding hydrogens is 426 g/mol. The highest BCUT2D eigenvalue weighted by Crippen LogP contribution is 2.44. The van der Waals surface area contributed by atoms with Crippen LogP contribution in [0, 0.1) is 6.92 Å². The molecule has 3 heterocycles. The normalized spacial score (nSPS) is 19.5. The summed E-state index contributed by atoms with van der Waals surface area (Å²) in [6.07, 6.45) is 0.486. The van der Waals surface area contributed by atoms with Gasteiger partial charge < -0.3 is 9.72 Å². The number of nitrogens with zero attached hydrogens (tertiary/aromatic N) is 2. The minimum Gasteiger partial charge on any atom is -0.494 e. The van der Waals surface area contributed by atoms with Gasteiger partial charge in [0.25, 0.3) is 5.91 Å². The van der Waals surface area contributed by atoms with Crippen LogP contribution in [0.1, 0.15) is 35.3 Å². The fraction of sp³-hybridized carbons (Fsp3) is 0.214. The number of ether oxygens (including phenoxy) is 1. The van der Waals surface area contributed by atoms with Crippen molar-refractivity contribution in [2.75, 3.05) is 11.5 Å². The van der Waals surface area contributed by atoms with Gasteiger partial charge in [-0.1, -0.05) is 48.0 Å². The standard InChI is InChI=1S/C28H25N3O3/c1-3-34-20-14-12-19(13-15-20)30-27(32)24-16-22-21-6-4-5-7-23(21)29-25(22)26(31(24)28(30)33)18-10-8-17(2)9-11-18/h4-15,24,26,29H,3,16H2,1-2H3/t24-,26?/m0/s1. The number of rotatable bonds is 4. The number of fused-ring (bicyclic) bond motifs is 4. The summed E-state index contributed by atoms with van der Waals surface area (Å²) in [5, 5.41) is 1.11. The van der Waals surface area contributed by atoms with Crippen molar-refractivity contribution in [1.82, 2.24) is 9.88 Å². The molecule has 170 valence electrons. The number of amides is 3. The summed E-state index contributed by atoms with van der Waals surface area (Å²) in [6.45, 7) is 4.52. The Hall–Kier alpha value is -4.06. The number of H-pyrrole nitrogens is 1. The second kappa shape index (κ2) is 7.76. The number of aromatic nitrogens is 1. The number of urea groups is 1. The van der Waals surface area contributed by atoms with E-state index >= 15 is 0 Å². The van der Waals surface area contributed by atoms with Crippen molar-refractivity contribution in [2.24, 2.45) is 0 Å². The van der Waals surface area contributed by atoms with E-state index in [0.29, 0.717) is 24.5 Å². The highest BCUT2D eigenvalue weighted by Gasteiger charge is 2.53. The van der Waals surface area contributed by atoms with E-state index < -0.39 is 6.04 Å². The number of nitrogens with one attached hydrogen (secondary N) is 1. The molecule has 3 amide bonds. The topological polar surface area (TPSA) is 65.6 Å². The molecule has 34 heavy (non-hydrogen) atoms. The highest BCUT2D eigenvalue weighted by molar-refractivity contribution is 6.22. The van der Waals surface area contributed by atoms with Crippen molar-refractivity contribution in [1.29, 1.82) is 0 Å². The van der Waals surface area contributed by atoms with Gasteiger partial charge in [0.2, 0.25) is 0 Å². The van der Waals surface area contributed by atoms with Crippen LogP contribution in [0.4, 0.5) is 10.5 Å². The second-order valence-corrected chi connectivity index (χ2v) is 8.89. The number of hydrogen-bond acceptors (Lipinski definition) is 3. The molecule has 2 atom stereocenters. The Morgan fingerprint density at radius 3 is 2.44 bits per heavy atom. The van der Waals surface area contributed by atoms with E-state index in [2.05, 4.69) is 23.2 Å². The van der Waals surface area contributed by atoms with E-state index in [0.717, 1.165) is 33.3 Å². The molecule has 3 aromatic carbocycles. The van der Waals surface area contributed by atoms with Crippen LogP contribution < -0.4 is 9.64 Å². The molecule has 2 aliphatic heterocycles. The largest absolute Gasteiger partial charge is 0.494 e. The maximum atomic E-state index is 13.8. The van der Waals surface area contributed by atoms with Crippen LogP contribution in [0.2, 0.25) is 0 Å². The van der Waals surface area contributed by atoms with Gasteiger partial charge in [-0.15, -0.1) is 0 Å². The number of anilines is 1. The molecule has 0 spiro atoms. The zero-order chi connectivity index (χ0) is 23.4. The number of aryl methyl sites for hydroxylation is 1. The fourth-order valence-electron chi connectivity index (χ4n) is 5.27. The molecule has 6 rings (SSSR count). The smallest absolute Gasteiger partial charge is 0.332 e. The van der Waals surface area contributed by atoms with E-state index in [-0.39, 0.29) is 18.0 Å². The van der Waals surface area contributed by atoms with Gasteiger partial charge in [-0.05, 0) is 55.3 Å². The molecule has 0 saturated carbocycles. The Morgan fingerprint density at radius 2 is 1.71 bits per heavy atom. The number of carbonyl (C=O) groups is 2. The lowest BCUT2D eigenvalue weighted by Gasteiger charge is -2.36. The Bertz CT molecular complexity index is 1410. The lowest BCUT2D eigenvalue weighted by atomic mass is 9.88. The summed E-state index contributed by atoms with van der Waals surface area (Å²) in [5.41, 5.74) is 5.80. The van der Waals surface area contributed by atoms with Crippen LogP contribution in [0.5, 0.6) is 5.75 Å². The number of para-hydroxylation sites is 1. The number of imide groups is 1. The minimum absolute atomic E-state index is 0.192. The summed E-state index contributed by atoms with van der Waals surface area (Å²) in [5.74, 6) is 0.518. The van der Waals surface area contributed by atoms with E-state index in [1.165, 1.54) is 4.90 Å². The number of carbonyl (C=O) groups excluding carboxylic acids is 2. The summed E-state index contributed by atoms with van der Waals surface area (Å²) in [4.78, 5) is 34.1. The Morgan fingerprint density at radius 1 is 0.971 bits per heavy atom. The van der Waals surface area contributed by atoms with E-state index in [9.17, 15) is 9.59 Å². The Kier molecular flexibility index (Phi) is 4.69. The molecule has 0 aliphatic carbocycles. The third kappa shape index (κ3) is 3.02. The lowest BCUT2D eigenvalue weighted by molar-refractivity contribution is -0.120. The average Bonchev–Trinajstić information content (AvgIpc) is 3.34. The SMILES string of the molecule is CCOc1ccc(N2C(=O)[C@@H]3Cc4c([nH]c5ccccc45)C(c4ccc(C)cc4)N3C2=O)cc1. The zero-order valence-corrected chi connectivity index (χ0v) is 19.1. The monoisotopic (exact) mass is 451 g/mol. The third-order valence-electron chi connectivity index (χ3n) is 6.85. The van der Waals surface area contributed by atoms with Crippen molar-refractivity contribution < 1.29 is 14.3 Å². The van der Waals surface area contributed by atoms with Crippen molar-refractivity contribution >= 4 is 28.5 Å². The number of benzene rings is 3. The molecular formula is C28H25N3O3. The van der Waals surface area contributed by atoms with Gasteiger partial charge in [0.15, 0.2) is 0 Å². The number of hydrogen-bond donors (Lipinski definition) is 1. The molecule has 2 aliphatic rings. The Labute approximate surface area is 197 Å². The zero-order valence-electron chi connectivity index (χ0n) is 19.1. The van der Waals surface area contributed by atoms with Gasteiger partial charge >= 0.3 is 6.03 Å². The van der Waals surface area contributed by atoms with Gasteiger partial charge in [0.05, 0.1) is 12.3 Å². The summed E-state index contributed by atoms with van der Waals surface area (Å²) < 4.78 is 5.53. The first-order valence-electron chi connectivity index (χ1n) is 11.6. The van der Waals surface area contributed by atoms with Crippen molar-refractivity contribution in [3.63, 3.8) is 0 Å². The Balaban J connectivity index is 1.48. The molecule has 1 N–H and O–H groups in total. The first kappa shape index (κ1) is 20.5. The van der Waals surface area contributed by atoms with Crippen LogP contribution in [0.3, 0.4) is 0 Å². The summed E-state index contributed by atoms with van der Waals surface area (Å²) >= 11 is 0. The highest BCUT2D eigenvalue weighted by atomic mass is 16.5. The van der Waals surface area contributed by atoms with Gasteiger partial charge in [-0.2, -0.15) is 0 Å². The van der Waals surface area contributed by atoms with Crippen LogP contribution in [0.15, 0.2) is 72.8 Å².